The van der Waals surface area contributed by atoms with Gasteiger partial charge >= 0.3 is 0 Å². The molecule has 1 amide bonds. The molecule has 0 fully saturated rings. The van der Waals surface area contributed by atoms with Gasteiger partial charge in [0, 0.05) is 27.6 Å². The largest absolute Gasteiger partial charge is 0.497 e. The van der Waals surface area contributed by atoms with Crippen molar-refractivity contribution in [3.63, 3.8) is 0 Å². The van der Waals surface area contributed by atoms with Crippen molar-refractivity contribution in [2.24, 2.45) is 0 Å². The molecular weight excluding hydrogens is 464 g/mol. The van der Waals surface area contributed by atoms with Crippen LogP contribution in [-0.2, 0) is 4.79 Å². The molecule has 1 atom stereocenters. The van der Waals surface area contributed by atoms with E-state index in [0.29, 0.717) is 29.2 Å². The Kier molecular flexibility index (Phi) is 5.26. The molecule has 4 heterocycles. The lowest BCUT2D eigenvalue weighted by atomic mass is 10.0. The summed E-state index contributed by atoms with van der Waals surface area (Å²) in [6.07, 6.45) is 3.31. The third-order valence-electron chi connectivity index (χ3n) is 6.05. The monoisotopic (exact) mass is 484 g/mol. The minimum absolute atomic E-state index is 0.0345. The summed E-state index contributed by atoms with van der Waals surface area (Å²) in [7, 11) is 1.63. The molecule has 9 heteroatoms. The van der Waals surface area contributed by atoms with E-state index < -0.39 is 0 Å². The summed E-state index contributed by atoms with van der Waals surface area (Å²) >= 11 is 1.43. The number of methoxy groups -OCH3 is 1. The van der Waals surface area contributed by atoms with E-state index in [0.717, 1.165) is 38.6 Å². The molecule has 0 bridgehead atoms. The molecule has 0 aliphatic carbocycles. The Bertz CT molecular complexity index is 1480. The van der Waals surface area contributed by atoms with E-state index in [4.69, 9.17) is 9.47 Å². The van der Waals surface area contributed by atoms with Gasteiger partial charge in [0.15, 0.2) is 11.5 Å². The Labute approximate surface area is 205 Å². The molecule has 0 saturated heterocycles. The second kappa shape index (κ2) is 8.59. The summed E-state index contributed by atoms with van der Waals surface area (Å²) in [5, 5.41) is 7.24. The zero-order valence-corrected chi connectivity index (χ0v) is 19.5. The summed E-state index contributed by atoms with van der Waals surface area (Å²) < 4.78 is 11.3. The smallest absolute Gasteiger partial charge is 0.234 e. The molecular formula is C26H20N4O4S. The number of ketones is 1. The number of rotatable bonds is 4. The number of hydrogen-bond acceptors (Lipinski definition) is 8. The number of fused-ring (bicyclic) bond motifs is 4. The molecule has 1 unspecified atom stereocenters. The van der Waals surface area contributed by atoms with Gasteiger partial charge in [-0.1, -0.05) is 0 Å². The quantitative estimate of drug-likeness (QED) is 0.410. The molecule has 0 radical (unpaired) electrons. The number of amides is 1. The number of benzene rings is 2. The third-order valence-corrected chi connectivity index (χ3v) is 7.10. The normalized spacial score (nSPS) is 16.4. The van der Waals surface area contributed by atoms with Crippen molar-refractivity contribution in [1.82, 2.24) is 9.97 Å². The molecule has 0 spiro atoms. The first-order valence-corrected chi connectivity index (χ1v) is 12.0. The Morgan fingerprint density at radius 2 is 1.97 bits per heavy atom. The van der Waals surface area contributed by atoms with Crippen LogP contribution in [0.5, 0.6) is 11.5 Å². The lowest BCUT2D eigenvalue weighted by molar-refractivity contribution is -0.113. The first kappa shape index (κ1) is 21.4. The van der Waals surface area contributed by atoms with E-state index >= 15 is 0 Å². The number of thioether (sulfide) groups is 1. The molecule has 2 aromatic carbocycles. The fraction of sp³-hybridized carbons (Fsp3) is 0.154. The van der Waals surface area contributed by atoms with Crippen LogP contribution in [0.3, 0.4) is 0 Å². The summed E-state index contributed by atoms with van der Waals surface area (Å²) in [6, 6.07) is 14.5. The van der Waals surface area contributed by atoms with Crippen LogP contribution in [0.1, 0.15) is 27.7 Å². The Hall–Kier alpha value is -4.11. The van der Waals surface area contributed by atoms with E-state index in [1.54, 1.807) is 37.7 Å². The van der Waals surface area contributed by atoms with E-state index in [1.807, 2.05) is 30.3 Å². The van der Waals surface area contributed by atoms with Gasteiger partial charge in [-0.15, -0.1) is 11.8 Å². The van der Waals surface area contributed by atoms with Crippen LogP contribution < -0.4 is 20.1 Å². The van der Waals surface area contributed by atoms with Crippen molar-refractivity contribution >= 4 is 45.7 Å². The summed E-state index contributed by atoms with van der Waals surface area (Å²) in [6.45, 7) is 0.387. The molecule has 8 nitrogen and oxygen atoms in total. The van der Waals surface area contributed by atoms with E-state index in [-0.39, 0.29) is 17.7 Å². The van der Waals surface area contributed by atoms with Crippen LogP contribution in [0, 0.1) is 0 Å². The fourth-order valence-corrected chi connectivity index (χ4v) is 5.06. The lowest BCUT2D eigenvalue weighted by Crippen LogP contribution is -2.25. The molecule has 174 valence electrons. The zero-order chi connectivity index (χ0) is 23.9. The number of nitrogens with zero attached hydrogens (tertiary/aromatic N) is 2. The average Bonchev–Trinajstić information content (AvgIpc) is 2.91. The van der Waals surface area contributed by atoms with Crippen molar-refractivity contribution in [3.8, 4) is 11.5 Å². The summed E-state index contributed by atoms with van der Waals surface area (Å²) in [5.41, 5.74) is 4.23. The number of carbonyl (C=O) groups excluding carboxylic acids is 2. The maximum Gasteiger partial charge on any atom is 0.234 e. The lowest BCUT2D eigenvalue weighted by Gasteiger charge is -2.28. The van der Waals surface area contributed by atoms with Crippen LogP contribution in [0.2, 0.25) is 0 Å². The number of nitrogens with one attached hydrogen (secondary N) is 2. The second-order valence-corrected chi connectivity index (χ2v) is 9.25. The van der Waals surface area contributed by atoms with Crippen LogP contribution in [0.15, 0.2) is 65.8 Å². The summed E-state index contributed by atoms with van der Waals surface area (Å²) in [4.78, 5) is 34.5. The van der Waals surface area contributed by atoms with Gasteiger partial charge in [-0.05, 0) is 48.5 Å². The van der Waals surface area contributed by atoms with Gasteiger partial charge in [-0.25, -0.2) is 0 Å². The highest BCUT2D eigenvalue weighted by atomic mass is 32.2. The molecule has 2 N–H and O–H groups in total. The number of anilines is 2. The molecule has 0 saturated carbocycles. The van der Waals surface area contributed by atoms with E-state index in [9.17, 15) is 9.59 Å². The topological polar surface area (TPSA) is 102 Å². The first-order valence-electron chi connectivity index (χ1n) is 11.0. The molecule has 2 aromatic heterocycles. The van der Waals surface area contributed by atoms with Gasteiger partial charge in [0.2, 0.25) is 5.91 Å². The van der Waals surface area contributed by atoms with Crippen LogP contribution in [0.4, 0.5) is 11.4 Å². The molecule has 4 aromatic rings. The SMILES string of the molecule is COc1ccc2ncc3c(c2c1)NC(c1ccc(C(=O)c2ccc4c(c2)SCC(=O)N4)cn1)CO3. The highest BCUT2D eigenvalue weighted by Gasteiger charge is 2.25. The van der Waals surface area contributed by atoms with Crippen LogP contribution in [0.25, 0.3) is 10.9 Å². The number of ether oxygens (including phenoxy) is 2. The van der Waals surface area contributed by atoms with Gasteiger partial charge in [0.25, 0.3) is 0 Å². The van der Waals surface area contributed by atoms with Gasteiger partial charge < -0.3 is 20.1 Å². The Morgan fingerprint density at radius 3 is 2.80 bits per heavy atom. The minimum Gasteiger partial charge on any atom is -0.497 e. The fourth-order valence-electron chi connectivity index (χ4n) is 4.22. The van der Waals surface area contributed by atoms with Crippen molar-refractivity contribution in [3.05, 3.63) is 77.7 Å². The third kappa shape index (κ3) is 3.93. The van der Waals surface area contributed by atoms with Crippen molar-refractivity contribution < 1.29 is 19.1 Å². The van der Waals surface area contributed by atoms with E-state index in [2.05, 4.69) is 20.6 Å². The highest BCUT2D eigenvalue weighted by Crippen LogP contribution is 2.39. The number of hydrogen-bond donors (Lipinski definition) is 2. The van der Waals surface area contributed by atoms with E-state index in [1.165, 1.54) is 11.8 Å². The molecule has 35 heavy (non-hydrogen) atoms. The van der Waals surface area contributed by atoms with Crippen molar-refractivity contribution in [1.29, 1.82) is 0 Å². The predicted molar refractivity (Wildman–Crippen MR) is 134 cm³/mol. The number of carbonyl (C=O) groups is 2. The van der Waals surface area contributed by atoms with Crippen molar-refractivity contribution in [2.75, 3.05) is 30.1 Å². The Morgan fingerprint density at radius 1 is 1.09 bits per heavy atom. The van der Waals surface area contributed by atoms with Crippen LogP contribution in [-0.4, -0.2) is 41.1 Å². The molecule has 2 aliphatic rings. The van der Waals surface area contributed by atoms with Crippen LogP contribution >= 0.6 is 11.8 Å². The summed E-state index contributed by atoms with van der Waals surface area (Å²) in [5.74, 6) is 1.61. The van der Waals surface area contributed by atoms with Gasteiger partial charge in [-0.3, -0.25) is 19.6 Å². The maximum absolute atomic E-state index is 13.1. The number of aromatic nitrogens is 2. The van der Waals surface area contributed by atoms with Gasteiger partial charge in [0.1, 0.15) is 18.4 Å². The zero-order valence-electron chi connectivity index (χ0n) is 18.7. The standard InChI is InChI=1S/C26H20N4O4S/c1-33-16-4-7-18-17(9-16)25-22(11-28-18)34-12-21(30-25)19-5-3-15(10-27-19)26(32)14-2-6-20-23(8-14)35-13-24(31)29-20/h2-11,21,30H,12-13H2,1H3,(H,29,31). The van der Waals surface area contributed by atoms with Gasteiger partial charge in [0.05, 0.1) is 41.6 Å². The Balaban J connectivity index is 1.24. The molecule has 2 aliphatic heterocycles. The first-order chi connectivity index (χ1) is 17.1. The van der Waals surface area contributed by atoms with Crippen molar-refractivity contribution in [2.45, 2.75) is 10.9 Å². The molecule has 6 rings (SSSR count). The second-order valence-electron chi connectivity index (χ2n) is 8.24. The average molecular weight is 485 g/mol. The maximum atomic E-state index is 13.1. The highest BCUT2D eigenvalue weighted by molar-refractivity contribution is 8.00. The predicted octanol–water partition coefficient (Wildman–Crippen LogP) is 4.46. The minimum atomic E-state index is -0.188. The van der Waals surface area contributed by atoms with Gasteiger partial charge in [-0.2, -0.15) is 0 Å². The number of pyridine rings is 2.